The first kappa shape index (κ1) is 21.5. The van der Waals surface area contributed by atoms with Crippen molar-refractivity contribution in [3.05, 3.63) is 89.7 Å². The number of ether oxygens (including phenoxy) is 1. The number of rotatable bonds is 6. The van der Waals surface area contributed by atoms with E-state index in [0.717, 1.165) is 21.3 Å². The first-order valence-corrected chi connectivity index (χ1v) is 11.1. The minimum Gasteiger partial charge on any atom is -0.497 e. The molecule has 4 rings (SSSR count). The number of ketones is 1. The van der Waals surface area contributed by atoms with Crippen LogP contribution in [0.15, 0.2) is 77.7 Å². The summed E-state index contributed by atoms with van der Waals surface area (Å²) in [6, 6.07) is 16.8. The van der Waals surface area contributed by atoms with Gasteiger partial charge >= 0.3 is 6.03 Å². The van der Waals surface area contributed by atoms with E-state index in [2.05, 4.69) is 0 Å². The number of benzene rings is 3. The van der Waals surface area contributed by atoms with Gasteiger partial charge in [0.2, 0.25) is 0 Å². The number of methoxy groups -OCH3 is 1. The van der Waals surface area contributed by atoms with Gasteiger partial charge < -0.3 is 4.74 Å². The van der Waals surface area contributed by atoms with Gasteiger partial charge in [-0.05, 0) is 54.1 Å². The smallest absolute Gasteiger partial charge is 0.339 e. The molecule has 0 radical (unpaired) electrons. The van der Waals surface area contributed by atoms with Crippen molar-refractivity contribution >= 4 is 27.5 Å². The molecule has 1 heterocycles. The second-order valence-electron chi connectivity index (χ2n) is 7.13. The van der Waals surface area contributed by atoms with E-state index in [4.69, 9.17) is 4.74 Å². The van der Waals surface area contributed by atoms with Gasteiger partial charge in [-0.15, -0.1) is 0 Å². The maximum Gasteiger partial charge on any atom is 0.339 e. The van der Waals surface area contributed by atoms with Crippen LogP contribution in [0.5, 0.6) is 5.75 Å². The van der Waals surface area contributed by atoms with Gasteiger partial charge in [0.15, 0.2) is 5.78 Å². The molecule has 0 atom stereocenters. The molecule has 0 saturated heterocycles. The zero-order chi connectivity index (χ0) is 22.9. The highest BCUT2D eigenvalue weighted by molar-refractivity contribution is 7.90. The van der Waals surface area contributed by atoms with Gasteiger partial charge in [-0.1, -0.05) is 24.3 Å². The molecule has 7 nitrogen and oxygen atoms in total. The molecule has 0 saturated carbocycles. The average molecular weight is 454 g/mol. The van der Waals surface area contributed by atoms with Crippen LogP contribution in [0.3, 0.4) is 0 Å². The van der Waals surface area contributed by atoms with Crippen LogP contribution in [0.25, 0.3) is 0 Å². The number of para-hydroxylation sites is 1. The highest BCUT2D eigenvalue weighted by atomic mass is 32.2. The van der Waals surface area contributed by atoms with Crippen LogP contribution in [0.4, 0.5) is 14.9 Å². The van der Waals surface area contributed by atoms with Crippen molar-refractivity contribution in [2.75, 3.05) is 18.6 Å². The standard InChI is InChI=1S/C23H19FN2O5S/c1-31-19-12-6-16(7-13-19)14-26-23(28)25(15-21(27)17-8-10-18(24)11-9-17)20-4-2-3-5-22(20)32(26,29)30/h2-13H,14-15H2,1H3. The lowest BCUT2D eigenvalue weighted by Crippen LogP contribution is -2.51. The third-order valence-electron chi connectivity index (χ3n) is 5.12. The summed E-state index contributed by atoms with van der Waals surface area (Å²) in [7, 11) is -2.62. The van der Waals surface area contributed by atoms with Crippen LogP contribution in [0, 0.1) is 5.82 Å². The third kappa shape index (κ3) is 3.94. The highest BCUT2D eigenvalue weighted by Gasteiger charge is 2.42. The molecule has 1 aliphatic heterocycles. The molecule has 2 amide bonds. The second-order valence-corrected chi connectivity index (χ2v) is 8.96. The fourth-order valence-electron chi connectivity index (χ4n) is 3.43. The maximum absolute atomic E-state index is 13.3. The molecular weight excluding hydrogens is 435 g/mol. The summed E-state index contributed by atoms with van der Waals surface area (Å²) >= 11 is 0. The number of anilines is 1. The van der Waals surface area contributed by atoms with E-state index >= 15 is 0 Å². The summed E-state index contributed by atoms with van der Waals surface area (Å²) in [5.74, 6) is -0.340. The van der Waals surface area contributed by atoms with Gasteiger partial charge in [-0.3, -0.25) is 9.69 Å². The number of carbonyl (C=O) groups is 2. The van der Waals surface area contributed by atoms with E-state index in [9.17, 15) is 22.4 Å². The SMILES string of the molecule is COc1ccc(CN2C(=O)N(CC(=O)c3ccc(F)cc3)c3ccccc3S2(=O)=O)cc1. The Morgan fingerprint density at radius 3 is 2.28 bits per heavy atom. The van der Waals surface area contributed by atoms with Crippen LogP contribution in [0.2, 0.25) is 0 Å². The van der Waals surface area contributed by atoms with E-state index in [1.807, 2.05) is 0 Å². The zero-order valence-electron chi connectivity index (χ0n) is 17.1. The van der Waals surface area contributed by atoms with Crippen molar-refractivity contribution in [2.24, 2.45) is 0 Å². The highest BCUT2D eigenvalue weighted by Crippen LogP contribution is 2.35. The van der Waals surface area contributed by atoms with E-state index in [1.54, 1.807) is 36.4 Å². The van der Waals surface area contributed by atoms with E-state index in [0.29, 0.717) is 11.3 Å². The number of halogens is 1. The number of carbonyl (C=O) groups excluding carboxylic acids is 2. The lowest BCUT2D eigenvalue weighted by Gasteiger charge is -2.36. The number of sulfonamides is 1. The molecule has 32 heavy (non-hydrogen) atoms. The summed E-state index contributed by atoms with van der Waals surface area (Å²) < 4.78 is 45.5. The van der Waals surface area contributed by atoms with Gasteiger partial charge in [0.25, 0.3) is 10.0 Å². The molecular formula is C23H19FN2O5S. The first-order valence-electron chi connectivity index (χ1n) is 9.66. The molecule has 1 aliphatic rings. The Hall–Kier alpha value is -3.72. The molecule has 0 unspecified atom stereocenters. The van der Waals surface area contributed by atoms with Gasteiger partial charge in [-0.25, -0.2) is 21.9 Å². The largest absolute Gasteiger partial charge is 0.497 e. The molecule has 0 aliphatic carbocycles. The lowest BCUT2D eigenvalue weighted by molar-refractivity contribution is 0.0998. The number of urea groups is 1. The number of amides is 2. The van der Waals surface area contributed by atoms with E-state index in [-0.39, 0.29) is 22.7 Å². The number of fused-ring (bicyclic) bond motifs is 1. The molecule has 9 heteroatoms. The van der Waals surface area contributed by atoms with Crippen molar-refractivity contribution < 1.29 is 27.1 Å². The zero-order valence-corrected chi connectivity index (χ0v) is 17.9. The fraction of sp³-hybridized carbons (Fsp3) is 0.130. The molecule has 0 bridgehead atoms. The normalized spacial score (nSPS) is 14.8. The molecule has 164 valence electrons. The Morgan fingerprint density at radius 1 is 0.969 bits per heavy atom. The summed E-state index contributed by atoms with van der Waals surface area (Å²) in [4.78, 5) is 27.1. The van der Waals surface area contributed by atoms with E-state index in [1.165, 1.54) is 31.4 Å². The molecule has 0 fully saturated rings. The number of hydrogen-bond donors (Lipinski definition) is 0. The number of Topliss-reactive ketones (excluding diaryl/α,β-unsaturated/α-hetero) is 1. The second kappa shape index (κ2) is 8.43. The number of hydrogen-bond acceptors (Lipinski definition) is 5. The monoisotopic (exact) mass is 454 g/mol. The Labute approximate surface area is 184 Å². The minimum absolute atomic E-state index is 0.0694. The van der Waals surface area contributed by atoms with Crippen LogP contribution >= 0.6 is 0 Å². The Kier molecular flexibility index (Phi) is 5.67. The maximum atomic E-state index is 13.3. The minimum atomic E-state index is -4.13. The predicted molar refractivity (Wildman–Crippen MR) is 116 cm³/mol. The Bertz CT molecular complexity index is 1270. The van der Waals surface area contributed by atoms with E-state index < -0.39 is 34.2 Å². The molecule has 0 aromatic heterocycles. The van der Waals surface area contributed by atoms with Crippen LogP contribution < -0.4 is 9.64 Å². The lowest BCUT2D eigenvalue weighted by atomic mass is 10.1. The molecule has 0 N–H and O–H groups in total. The summed E-state index contributed by atoms with van der Waals surface area (Å²) in [6.45, 7) is -0.600. The first-order chi connectivity index (χ1) is 15.3. The van der Waals surface area contributed by atoms with Crippen LogP contribution in [-0.2, 0) is 16.6 Å². The average Bonchev–Trinajstić information content (AvgIpc) is 2.80. The quantitative estimate of drug-likeness (QED) is 0.529. The van der Waals surface area contributed by atoms with Gasteiger partial charge in [-0.2, -0.15) is 0 Å². The molecule has 0 spiro atoms. The molecule has 3 aromatic rings. The fourth-order valence-corrected chi connectivity index (χ4v) is 4.98. The predicted octanol–water partition coefficient (Wildman–Crippen LogP) is 3.85. The van der Waals surface area contributed by atoms with Gasteiger partial charge in [0, 0.05) is 5.56 Å². The third-order valence-corrected chi connectivity index (χ3v) is 6.89. The van der Waals surface area contributed by atoms with Crippen molar-refractivity contribution in [2.45, 2.75) is 11.4 Å². The van der Waals surface area contributed by atoms with Gasteiger partial charge in [0.1, 0.15) is 16.5 Å². The molecule has 3 aromatic carbocycles. The summed E-state index contributed by atoms with van der Waals surface area (Å²) in [6.07, 6.45) is 0. The topological polar surface area (TPSA) is 84.0 Å². The van der Waals surface area contributed by atoms with Crippen LogP contribution in [0.1, 0.15) is 15.9 Å². The van der Waals surface area contributed by atoms with Crippen molar-refractivity contribution in [1.82, 2.24) is 4.31 Å². The van der Waals surface area contributed by atoms with Crippen molar-refractivity contribution in [3.8, 4) is 5.75 Å². The van der Waals surface area contributed by atoms with Crippen LogP contribution in [-0.4, -0.2) is 38.2 Å². The van der Waals surface area contributed by atoms with Crippen molar-refractivity contribution in [3.63, 3.8) is 0 Å². The Morgan fingerprint density at radius 2 is 1.62 bits per heavy atom. The van der Waals surface area contributed by atoms with Gasteiger partial charge in [0.05, 0.1) is 25.9 Å². The number of nitrogens with zero attached hydrogens (tertiary/aromatic N) is 2. The Balaban J connectivity index is 1.70. The summed E-state index contributed by atoms with van der Waals surface area (Å²) in [5, 5.41) is 0. The van der Waals surface area contributed by atoms with Crippen molar-refractivity contribution in [1.29, 1.82) is 0 Å². The summed E-state index contributed by atoms with van der Waals surface area (Å²) in [5.41, 5.74) is 0.915.